The molecule has 6 heteroatoms. The van der Waals surface area contributed by atoms with Crippen LogP contribution in [0.3, 0.4) is 0 Å². The van der Waals surface area contributed by atoms with Crippen LogP contribution in [0.5, 0.6) is 17.2 Å². The van der Waals surface area contributed by atoms with Crippen molar-refractivity contribution in [3.63, 3.8) is 0 Å². The molecule has 0 saturated heterocycles. The SMILES string of the molecule is COc1cc2c(cc1CN(C)C(C)C(=O)N(C)C)OCCCO2. The van der Waals surface area contributed by atoms with Crippen molar-refractivity contribution >= 4 is 5.91 Å². The topological polar surface area (TPSA) is 51.2 Å². The van der Waals surface area contributed by atoms with Crippen molar-refractivity contribution in [1.29, 1.82) is 0 Å². The molecule has 1 unspecified atom stereocenters. The van der Waals surface area contributed by atoms with E-state index in [1.54, 1.807) is 26.1 Å². The van der Waals surface area contributed by atoms with Crippen LogP contribution in [0.4, 0.5) is 0 Å². The van der Waals surface area contributed by atoms with Crippen LogP contribution >= 0.6 is 0 Å². The Balaban J connectivity index is 2.21. The van der Waals surface area contributed by atoms with Crippen LogP contribution in [0, 0.1) is 0 Å². The molecule has 23 heavy (non-hydrogen) atoms. The number of amides is 1. The summed E-state index contributed by atoms with van der Waals surface area (Å²) in [5.74, 6) is 2.26. The number of ether oxygens (including phenoxy) is 3. The van der Waals surface area contributed by atoms with Crippen LogP contribution in [0.2, 0.25) is 0 Å². The molecule has 0 aliphatic carbocycles. The predicted octanol–water partition coefficient (Wildman–Crippen LogP) is 1.76. The minimum Gasteiger partial charge on any atom is -0.496 e. The molecular formula is C17H26N2O4. The van der Waals surface area contributed by atoms with Gasteiger partial charge >= 0.3 is 0 Å². The van der Waals surface area contributed by atoms with Crippen molar-refractivity contribution in [2.24, 2.45) is 0 Å². The Kier molecular flexibility index (Phi) is 5.71. The Labute approximate surface area is 137 Å². The maximum absolute atomic E-state index is 12.1. The first-order chi connectivity index (χ1) is 10.9. The number of nitrogens with zero attached hydrogens (tertiary/aromatic N) is 2. The van der Waals surface area contributed by atoms with Gasteiger partial charge in [0.25, 0.3) is 0 Å². The van der Waals surface area contributed by atoms with Crippen LogP contribution in [-0.2, 0) is 11.3 Å². The summed E-state index contributed by atoms with van der Waals surface area (Å²) in [6.45, 7) is 3.77. The van der Waals surface area contributed by atoms with E-state index < -0.39 is 0 Å². The second-order valence-electron chi connectivity index (χ2n) is 5.99. The summed E-state index contributed by atoms with van der Waals surface area (Å²) in [5.41, 5.74) is 0.970. The quantitative estimate of drug-likeness (QED) is 0.827. The highest BCUT2D eigenvalue weighted by Gasteiger charge is 2.22. The average Bonchev–Trinajstić information content (AvgIpc) is 2.77. The molecule has 1 aromatic rings. The number of carbonyl (C=O) groups excluding carboxylic acids is 1. The number of methoxy groups -OCH3 is 1. The van der Waals surface area contributed by atoms with Crippen LogP contribution in [-0.4, -0.2) is 63.2 Å². The summed E-state index contributed by atoms with van der Waals surface area (Å²) in [4.78, 5) is 15.7. The van der Waals surface area contributed by atoms with Crippen molar-refractivity contribution in [3.8, 4) is 17.2 Å². The number of fused-ring (bicyclic) bond motifs is 1. The smallest absolute Gasteiger partial charge is 0.239 e. The van der Waals surface area contributed by atoms with E-state index in [0.717, 1.165) is 23.5 Å². The normalized spacial score (nSPS) is 15.0. The highest BCUT2D eigenvalue weighted by Crippen LogP contribution is 2.37. The maximum atomic E-state index is 12.1. The minimum absolute atomic E-state index is 0.0702. The second kappa shape index (κ2) is 7.55. The van der Waals surface area contributed by atoms with Gasteiger partial charge in [0.05, 0.1) is 26.4 Å². The Bertz CT molecular complexity index is 560. The molecule has 0 bridgehead atoms. The molecule has 1 atom stereocenters. The van der Waals surface area contributed by atoms with Gasteiger partial charge in [-0.25, -0.2) is 0 Å². The van der Waals surface area contributed by atoms with Crippen LogP contribution in [0.1, 0.15) is 18.9 Å². The summed E-state index contributed by atoms with van der Waals surface area (Å²) in [6, 6.07) is 3.59. The Morgan fingerprint density at radius 2 is 1.83 bits per heavy atom. The molecule has 2 rings (SSSR count). The highest BCUT2D eigenvalue weighted by molar-refractivity contribution is 5.80. The Morgan fingerprint density at radius 1 is 1.22 bits per heavy atom. The summed E-state index contributed by atoms with van der Waals surface area (Å²) >= 11 is 0. The molecule has 0 radical (unpaired) electrons. The van der Waals surface area contributed by atoms with E-state index in [9.17, 15) is 4.79 Å². The molecule has 0 fully saturated rings. The fourth-order valence-corrected chi connectivity index (χ4v) is 2.51. The van der Waals surface area contributed by atoms with Gasteiger partial charge in [-0.2, -0.15) is 0 Å². The fraction of sp³-hybridized carbons (Fsp3) is 0.588. The maximum Gasteiger partial charge on any atom is 0.239 e. The molecule has 1 heterocycles. The van der Waals surface area contributed by atoms with E-state index in [-0.39, 0.29) is 11.9 Å². The molecule has 6 nitrogen and oxygen atoms in total. The fourth-order valence-electron chi connectivity index (χ4n) is 2.51. The molecule has 0 N–H and O–H groups in total. The van der Waals surface area contributed by atoms with Gasteiger partial charge in [-0.1, -0.05) is 0 Å². The number of benzene rings is 1. The Morgan fingerprint density at radius 3 is 2.39 bits per heavy atom. The van der Waals surface area contributed by atoms with Gasteiger partial charge in [0, 0.05) is 38.7 Å². The van der Waals surface area contributed by atoms with Crippen molar-refractivity contribution in [2.75, 3.05) is 41.5 Å². The first kappa shape index (κ1) is 17.4. The molecule has 1 aliphatic rings. The van der Waals surface area contributed by atoms with E-state index in [0.29, 0.717) is 25.5 Å². The van der Waals surface area contributed by atoms with E-state index in [1.165, 1.54) is 0 Å². The van der Waals surface area contributed by atoms with Gasteiger partial charge in [0.15, 0.2) is 11.5 Å². The van der Waals surface area contributed by atoms with Gasteiger partial charge in [-0.05, 0) is 20.0 Å². The zero-order chi connectivity index (χ0) is 17.0. The molecular weight excluding hydrogens is 296 g/mol. The predicted molar refractivity (Wildman–Crippen MR) is 88.2 cm³/mol. The monoisotopic (exact) mass is 322 g/mol. The number of hydrogen-bond acceptors (Lipinski definition) is 5. The third-order valence-corrected chi connectivity index (χ3v) is 4.03. The average molecular weight is 322 g/mol. The van der Waals surface area contributed by atoms with Gasteiger partial charge in [0.1, 0.15) is 5.75 Å². The third kappa shape index (κ3) is 4.07. The number of carbonyl (C=O) groups is 1. The lowest BCUT2D eigenvalue weighted by Gasteiger charge is -2.27. The number of rotatable bonds is 5. The lowest BCUT2D eigenvalue weighted by atomic mass is 10.1. The van der Waals surface area contributed by atoms with Gasteiger partial charge in [-0.15, -0.1) is 0 Å². The summed E-state index contributed by atoms with van der Waals surface area (Å²) in [7, 11) is 7.09. The third-order valence-electron chi connectivity index (χ3n) is 4.03. The van der Waals surface area contributed by atoms with E-state index in [1.807, 2.05) is 31.0 Å². The second-order valence-corrected chi connectivity index (χ2v) is 5.99. The molecule has 1 amide bonds. The van der Waals surface area contributed by atoms with Gasteiger partial charge in [0.2, 0.25) is 5.91 Å². The molecule has 0 spiro atoms. The van der Waals surface area contributed by atoms with Crippen molar-refractivity contribution < 1.29 is 19.0 Å². The zero-order valence-electron chi connectivity index (χ0n) is 14.6. The standard InChI is InChI=1S/C17H26N2O4/c1-12(17(20)18(2)3)19(4)11-13-9-15-16(10-14(13)21-5)23-8-6-7-22-15/h9-10,12H,6-8,11H2,1-5H3. The van der Waals surface area contributed by atoms with E-state index >= 15 is 0 Å². The lowest BCUT2D eigenvalue weighted by molar-refractivity contribution is -0.133. The van der Waals surface area contributed by atoms with Gasteiger partial charge in [-0.3, -0.25) is 9.69 Å². The van der Waals surface area contributed by atoms with Crippen molar-refractivity contribution in [3.05, 3.63) is 17.7 Å². The molecule has 0 saturated carbocycles. The van der Waals surface area contributed by atoms with E-state index in [2.05, 4.69) is 0 Å². The van der Waals surface area contributed by atoms with Crippen LogP contribution in [0.25, 0.3) is 0 Å². The molecule has 1 aromatic carbocycles. The first-order valence-electron chi connectivity index (χ1n) is 7.82. The first-order valence-corrected chi connectivity index (χ1v) is 7.82. The van der Waals surface area contributed by atoms with Gasteiger partial charge < -0.3 is 19.1 Å². The number of hydrogen-bond donors (Lipinski definition) is 0. The summed E-state index contributed by atoms with van der Waals surface area (Å²) < 4.78 is 16.9. The zero-order valence-corrected chi connectivity index (χ0v) is 14.6. The lowest BCUT2D eigenvalue weighted by Crippen LogP contribution is -2.42. The van der Waals surface area contributed by atoms with Crippen molar-refractivity contribution in [2.45, 2.75) is 25.9 Å². The van der Waals surface area contributed by atoms with Crippen LogP contribution in [0.15, 0.2) is 12.1 Å². The summed E-state index contributed by atoms with van der Waals surface area (Å²) in [6.07, 6.45) is 0.862. The largest absolute Gasteiger partial charge is 0.496 e. The molecule has 128 valence electrons. The Hall–Kier alpha value is -1.95. The number of likely N-dealkylation sites (N-methyl/N-ethyl adjacent to an activating group) is 2. The van der Waals surface area contributed by atoms with Crippen molar-refractivity contribution in [1.82, 2.24) is 9.80 Å². The molecule has 0 aromatic heterocycles. The minimum atomic E-state index is -0.217. The molecule has 1 aliphatic heterocycles. The van der Waals surface area contributed by atoms with Crippen LogP contribution < -0.4 is 14.2 Å². The highest BCUT2D eigenvalue weighted by atomic mass is 16.5. The van der Waals surface area contributed by atoms with E-state index in [4.69, 9.17) is 14.2 Å². The summed E-state index contributed by atoms with van der Waals surface area (Å²) in [5, 5.41) is 0.